The number of aryl methyl sites for hydroxylation is 2. The molecule has 1 unspecified atom stereocenters. The fourth-order valence-corrected chi connectivity index (χ4v) is 3.29. The number of aromatic nitrogens is 1. The number of pyridine rings is 1. The molecule has 0 spiro atoms. The van der Waals surface area contributed by atoms with Gasteiger partial charge in [0.25, 0.3) is 0 Å². The summed E-state index contributed by atoms with van der Waals surface area (Å²) in [6.07, 6.45) is 1.83. The first-order valence-corrected chi connectivity index (χ1v) is 9.25. The molecule has 0 bridgehead atoms. The van der Waals surface area contributed by atoms with Crippen molar-refractivity contribution in [2.24, 2.45) is 5.92 Å². The van der Waals surface area contributed by atoms with Crippen molar-refractivity contribution in [2.75, 3.05) is 18.4 Å². The Hall–Kier alpha value is -3.22. The summed E-state index contributed by atoms with van der Waals surface area (Å²) in [7, 11) is 0. The van der Waals surface area contributed by atoms with Crippen LogP contribution in [0.2, 0.25) is 0 Å². The standard InChI is InChI=1S/C21H24N4O3/c1-14-6-5-7-15(2)20(14)24-18(26)11-23-21(28)16-10-19(27)25(12-16)13-17-8-3-4-9-22-17/h3-9,16H,10-13H2,1-2H3,(H,23,28)(H,24,26). The number of benzene rings is 1. The van der Waals surface area contributed by atoms with E-state index in [2.05, 4.69) is 15.6 Å². The van der Waals surface area contributed by atoms with Gasteiger partial charge in [0.05, 0.1) is 24.7 Å². The molecule has 1 fully saturated rings. The Morgan fingerprint density at radius 2 is 1.89 bits per heavy atom. The highest BCUT2D eigenvalue weighted by Gasteiger charge is 2.34. The van der Waals surface area contributed by atoms with E-state index in [-0.39, 0.29) is 30.7 Å². The SMILES string of the molecule is Cc1cccc(C)c1NC(=O)CNC(=O)C1CC(=O)N(Cc2ccccn2)C1. The number of carbonyl (C=O) groups excluding carboxylic acids is 3. The molecule has 2 aromatic rings. The molecular weight excluding hydrogens is 356 g/mol. The summed E-state index contributed by atoms with van der Waals surface area (Å²) < 4.78 is 0. The molecule has 0 aliphatic carbocycles. The Labute approximate surface area is 164 Å². The summed E-state index contributed by atoms with van der Waals surface area (Å²) in [5, 5.41) is 5.48. The van der Waals surface area contributed by atoms with Gasteiger partial charge in [-0.3, -0.25) is 19.4 Å². The topological polar surface area (TPSA) is 91.4 Å². The third-order valence-electron chi connectivity index (χ3n) is 4.83. The maximum absolute atomic E-state index is 12.4. The smallest absolute Gasteiger partial charge is 0.243 e. The van der Waals surface area contributed by atoms with Crippen LogP contribution >= 0.6 is 0 Å². The number of nitrogens with zero attached hydrogens (tertiary/aromatic N) is 2. The van der Waals surface area contributed by atoms with Gasteiger partial charge < -0.3 is 15.5 Å². The molecule has 0 radical (unpaired) electrons. The highest BCUT2D eigenvalue weighted by molar-refractivity contribution is 5.97. The van der Waals surface area contributed by atoms with Crippen LogP contribution in [0.25, 0.3) is 0 Å². The lowest BCUT2D eigenvalue weighted by Gasteiger charge is -2.16. The van der Waals surface area contributed by atoms with Gasteiger partial charge in [-0.25, -0.2) is 0 Å². The summed E-state index contributed by atoms with van der Waals surface area (Å²) in [6, 6.07) is 11.3. The first-order valence-electron chi connectivity index (χ1n) is 9.25. The van der Waals surface area contributed by atoms with Crippen LogP contribution in [0.3, 0.4) is 0 Å². The average Bonchev–Trinajstić information content (AvgIpc) is 3.04. The molecule has 1 aliphatic heterocycles. The molecule has 3 rings (SSSR count). The van der Waals surface area contributed by atoms with E-state index >= 15 is 0 Å². The summed E-state index contributed by atoms with van der Waals surface area (Å²) >= 11 is 0. The molecule has 146 valence electrons. The van der Waals surface area contributed by atoms with Crippen LogP contribution in [-0.4, -0.2) is 40.7 Å². The molecule has 2 N–H and O–H groups in total. The van der Waals surface area contributed by atoms with Gasteiger partial charge in [-0.2, -0.15) is 0 Å². The second kappa shape index (κ2) is 8.65. The van der Waals surface area contributed by atoms with E-state index in [0.29, 0.717) is 13.1 Å². The average molecular weight is 380 g/mol. The lowest BCUT2D eigenvalue weighted by molar-refractivity contribution is -0.129. The van der Waals surface area contributed by atoms with Crippen LogP contribution in [0.1, 0.15) is 23.2 Å². The predicted molar refractivity (Wildman–Crippen MR) is 105 cm³/mol. The van der Waals surface area contributed by atoms with Gasteiger partial charge in [-0.15, -0.1) is 0 Å². The van der Waals surface area contributed by atoms with Gasteiger partial charge in [-0.1, -0.05) is 24.3 Å². The number of para-hydroxylation sites is 1. The number of hydrogen-bond donors (Lipinski definition) is 2. The zero-order valence-corrected chi connectivity index (χ0v) is 16.1. The maximum Gasteiger partial charge on any atom is 0.243 e. The molecule has 1 aliphatic rings. The van der Waals surface area contributed by atoms with Gasteiger partial charge in [-0.05, 0) is 37.1 Å². The first-order chi connectivity index (χ1) is 13.4. The van der Waals surface area contributed by atoms with Crippen molar-refractivity contribution < 1.29 is 14.4 Å². The lowest BCUT2D eigenvalue weighted by Crippen LogP contribution is -2.38. The highest BCUT2D eigenvalue weighted by Crippen LogP contribution is 2.20. The Bertz CT molecular complexity index is 862. The normalized spacial score (nSPS) is 16.1. The number of rotatable bonds is 6. The molecule has 28 heavy (non-hydrogen) atoms. The number of amides is 3. The van der Waals surface area contributed by atoms with E-state index in [4.69, 9.17) is 0 Å². The van der Waals surface area contributed by atoms with Crippen LogP contribution < -0.4 is 10.6 Å². The molecule has 2 heterocycles. The van der Waals surface area contributed by atoms with Crippen molar-refractivity contribution in [2.45, 2.75) is 26.8 Å². The van der Waals surface area contributed by atoms with Crippen LogP contribution in [-0.2, 0) is 20.9 Å². The summed E-state index contributed by atoms with van der Waals surface area (Å²) in [6.45, 7) is 4.43. The molecular formula is C21H24N4O3. The van der Waals surface area contributed by atoms with Crippen molar-refractivity contribution in [3.8, 4) is 0 Å². The summed E-state index contributed by atoms with van der Waals surface area (Å²) in [5.41, 5.74) is 3.47. The van der Waals surface area contributed by atoms with Crippen LogP contribution in [0.4, 0.5) is 5.69 Å². The number of anilines is 1. The highest BCUT2D eigenvalue weighted by atomic mass is 16.2. The lowest BCUT2D eigenvalue weighted by atomic mass is 10.1. The van der Waals surface area contributed by atoms with Gasteiger partial charge in [0.2, 0.25) is 17.7 Å². The van der Waals surface area contributed by atoms with Crippen LogP contribution in [0, 0.1) is 19.8 Å². The zero-order chi connectivity index (χ0) is 20.1. The second-order valence-electron chi connectivity index (χ2n) is 7.03. The number of hydrogen-bond acceptors (Lipinski definition) is 4. The fourth-order valence-electron chi connectivity index (χ4n) is 3.29. The third-order valence-corrected chi connectivity index (χ3v) is 4.83. The van der Waals surface area contributed by atoms with E-state index in [1.165, 1.54) is 0 Å². The molecule has 0 saturated carbocycles. The van der Waals surface area contributed by atoms with Gasteiger partial charge in [0.15, 0.2) is 0 Å². The molecule has 7 heteroatoms. The van der Waals surface area contributed by atoms with Gasteiger partial charge in [0.1, 0.15) is 0 Å². The summed E-state index contributed by atoms with van der Waals surface area (Å²) in [5.74, 6) is -1.11. The Morgan fingerprint density at radius 1 is 1.14 bits per heavy atom. The fraction of sp³-hybridized carbons (Fsp3) is 0.333. The largest absolute Gasteiger partial charge is 0.347 e. The molecule has 1 saturated heterocycles. The molecule has 1 atom stereocenters. The van der Waals surface area contributed by atoms with Crippen LogP contribution in [0.15, 0.2) is 42.6 Å². The predicted octanol–water partition coefficient (Wildman–Crippen LogP) is 1.80. The van der Waals surface area contributed by atoms with E-state index in [1.807, 2.05) is 50.2 Å². The molecule has 1 aromatic heterocycles. The van der Waals surface area contributed by atoms with Crippen molar-refractivity contribution >= 4 is 23.4 Å². The van der Waals surface area contributed by atoms with Crippen molar-refractivity contribution in [1.29, 1.82) is 0 Å². The minimum atomic E-state index is -0.454. The van der Waals surface area contributed by atoms with Crippen molar-refractivity contribution in [3.63, 3.8) is 0 Å². The summed E-state index contributed by atoms with van der Waals surface area (Å²) in [4.78, 5) is 42.6. The maximum atomic E-state index is 12.4. The Balaban J connectivity index is 1.50. The Morgan fingerprint density at radius 3 is 2.57 bits per heavy atom. The van der Waals surface area contributed by atoms with E-state index in [0.717, 1.165) is 22.5 Å². The number of likely N-dealkylation sites (tertiary alicyclic amines) is 1. The zero-order valence-electron chi connectivity index (χ0n) is 16.1. The third kappa shape index (κ3) is 4.73. The van der Waals surface area contributed by atoms with E-state index in [1.54, 1.807) is 11.1 Å². The molecule has 1 aromatic carbocycles. The van der Waals surface area contributed by atoms with Gasteiger partial charge in [0, 0.05) is 24.8 Å². The minimum Gasteiger partial charge on any atom is -0.347 e. The first kappa shape index (κ1) is 19.5. The van der Waals surface area contributed by atoms with Gasteiger partial charge >= 0.3 is 0 Å². The van der Waals surface area contributed by atoms with E-state index in [9.17, 15) is 14.4 Å². The van der Waals surface area contributed by atoms with Crippen molar-refractivity contribution in [3.05, 3.63) is 59.4 Å². The van der Waals surface area contributed by atoms with Crippen molar-refractivity contribution in [1.82, 2.24) is 15.2 Å². The number of carbonyl (C=O) groups is 3. The monoisotopic (exact) mass is 380 g/mol. The van der Waals surface area contributed by atoms with E-state index < -0.39 is 5.92 Å². The quantitative estimate of drug-likeness (QED) is 0.799. The Kier molecular flexibility index (Phi) is 6.03. The number of nitrogens with one attached hydrogen (secondary N) is 2. The molecule has 3 amide bonds. The molecule has 7 nitrogen and oxygen atoms in total. The minimum absolute atomic E-state index is 0.0780. The van der Waals surface area contributed by atoms with Crippen LogP contribution in [0.5, 0.6) is 0 Å². The second-order valence-corrected chi connectivity index (χ2v) is 7.03.